The lowest BCUT2D eigenvalue weighted by Gasteiger charge is -2.32. The number of halogens is 1. The third-order valence-corrected chi connectivity index (χ3v) is 8.20. The van der Waals surface area contributed by atoms with Gasteiger partial charge in [0.05, 0.1) is 10.8 Å². The van der Waals surface area contributed by atoms with Gasteiger partial charge in [-0.1, -0.05) is 37.3 Å². The Bertz CT molecular complexity index is 1210. The predicted octanol–water partition coefficient (Wildman–Crippen LogP) is 2.11. The van der Waals surface area contributed by atoms with E-state index in [9.17, 15) is 27.2 Å². The van der Waals surface area contributed by atoms with Crippen molar-refractivity contribution in [2.24, 2.45) is 5.92 Å². The van der Waals surface area contributed by atoms with Gasteiger partial charge in [-0.15, -0.1) is 0 Å². The maximum absolute atomic E-state index is 13.2. The molecule has 11 heteroatoms. The number of carbonyl (C=O) groups excluding carboxylic acids is 3. The Kier molecular flexibility index (Phi) is 6.41. The summed E-state index contributed by atoms with van der Waals surface area (Å²) in [6.07, 6.45) is 1.09. The molecule has 0 saturated carbocycles. The third kappa shape index (κ3) is 4.16. The summed E-state index contributed by atoms with van der Waals surface area (Å²) in [5, 5.41) is 3.36. The molecule has 2 atom stereocenters. The zero-order valence-electron chi connectivity index (χ0n) is 18.5. The fourth-order valence-corrected chi connectivity index (χ4v) is 5.89. The van der Waals surface area contributed by atoms with Crippen LogP contribution in [0.15, 0.2) is 59.5 Å². The Morgan fingerprint density at radius 1 is 1.15 bits per heavy atom. The highest BCUT2D eigenvalue weighted by Crippen LogP contribution is 2.32. The Balaban J connectivity index is 1.49. The van der Waals surface area contributed by atoms with Crippen molar-refractivity contribution in [1.29, 1.82) is 0 Å². The molecule has 2 N–H and O–H groups in total. The Morgan fingerprint density at radius 3 is 2.47 bits per heavy atom. The maximum atomic E-state index is 13.2. The average Bonchev–Trinajstić information content (AvgIpc) is 3.10. The van der Waals surface area contributed by atoms with Crippen LogP contribution in [0.4, 0.5) is 9.18 Å². The first kappa shape index (κ1) is 23.8. The van der Waals surface area contributed by atoms with Gasteiger partial charge >= 0.3 is 6.03 Å². The Labute approximate surface area is 196 Å². The SMILES string of the molecule is CCC1(c2ccccc2)NC(=O)N(NC(=O)C2CCCN(S(=O)(=O)c3ccc(F)cc3)C2)C1=O. The number of hydrazine groups is 1. The molecule has 2 aliphatic heterocycles. The van der Waals surface area contributed by atoms with Gasteiger partial charge in [-0.25, -0.2) is 17.6 Å². The van der Waals surface area contributed by atoms with Crippen molar-refractivity contribution >= 4 is 27.9 Å². The summed E-state index contributed by atoms with van der Waals surface area (Å²) in [6.45, 7) is 1.85. The molecule has 0 spiro atoms. The van der Waals surface area contributed by atoms with Gasteiger partial charge in [0, 0.05) is 13.1 Å². The highest BCUT2D eigenvalue weighted by Gasteiger charge is 2.52. The number of hydrogen-bond acceptors (Lipinski definition) is 5. The summed E-state index contributed by atoms with van der Waals surface area (Å²) in [7, 11) is -3.93. The van der Waals surface area contributed by atoms with E-state index in [-0.39, 0.29) is 24.4 Å². The lowest BCUT2D eigenvalue weighted by atomic mass is 9.87. The first-order valence-corrected chi connectivity index (χ1v) is 12.4. The minimum atomic E-state index is -3.93. The van der Waals surface area contributed by atoms with E-state index in [1.165, 1.54) is 16.4 Å². The van der Waals surface area contributed by atoms with Crippen LogP contribution in [0, 0.1) is 11.7 Å². The lowest BCUT2D eigenvalue weighted by molar-refractivity contribution is -0.141. The van der Waals surface area contributed by atoms with E-state index in [0.29, 0.717) is 23.4 Å². The Hall–Kier alpha value is -3.31. The van der Waals surface area contributed by atoms with Gasteiger partial charge in [-0.05, 0) is 49.1 Å². The van der Waals surface area contributed by atoms with Crippen molar-refractivity contribution in [3.05, 3.63) is 66.0 Å². The second-order valence-electron chi connectivity index (χ2n) is 8.33. The Morgan fingerprint density at radius 2 is 1.82 bits per heavy atom. The molecule has 2 fully saturated rings. The topological polar surface area (TPSA) is 116 Å². The first-order valence-electron chi connectivity index (χ1n) is 11.0. The predicted molar refractivity (Wildman–Crippen MR) is 120 cm³/mol. The number of hydrogen-bond donors (Lipinski definition) is 2. The van der Waals surface area contributed by atoms with Gasteiger partial charge in [-0.2, -0.15) is 9.31 Å². The number of nitrogens with zero attached hydrogens (tertiary/aromatic N) is 2. The van der Waals surface area contributed by atoms with Crippen molar-refractivity contribution in [3.63, 3.8) is 0 Å². The number of imide groups is 1. The molecule has 2 aromatic carbocycles. The van der Waals surface area contributed by atoms with E-state index in [1.54, 1.807) is 37.3 Å². The van der Waals surface area contributed by atoms with Crippen LogP contribution >= 0.6 is 0 Å². The van der Waals surface area contributed by atoms with Crippen molar-refractivity contribution in [3.8, 4) is 0 Å². The van der Waals surface area contributed by atoms with Crippen molar-refractivity contribution in [2.45, 2.75) is 36.6 Å². The van der Waals surface area contributed by atoms with Crippen LogP contribution in [-0.2, 0) is 25.2 Å². The number of piperidine rings is 1. The molecule has 0 aliphatic carbocycles. The number of amides is 4. The summed E-state index contributed by atoms with van der Waals surface area (Å²) in [4.78, 5) is 38.8. The van der Waals surface area contributed by atoms with E-state index in [1.807, 2.05) is 0 Å². The zero-order chi connectivity index (χ0) is 24.5. The fourth-order valence-electron chi connectivity index (χ4n) is 4.37. The van der Waals surface area contributed by atoms with E-state index in [0.717, 1.165) is 12.1 Å². The quantitative estimate of drug-likeness (QED) is 0.605. The minimum Gasteiger partial charge on any atom is -0.318 e. The average molecular weight is 489 g/mol. The van der Waals surface area contributed by atoms with Gasteiger partial charge in [0.25, 0.3) is 5.91 Å². The molecule has 9 nitrogen and oxygen atoms in total. The van der Waals surface area contributed by atoms with Crippen LogP contribution < -0.4 is 10.7 Å². The van der Waals surface area contributed by atoms with Crippen LogP contribution in [0.25, 0.3) is 0 Å². The molecular weight excluding hydrogens is 463 g/mol. The monoisotopic (exact) mass is 488 g/mol. The summed E-state index contributed by atoms with van der Waals surface area (Å²) in [5.74, 6) is -2.55. The number of benzene rings is 2. The summed E-state index contributed by atoms with van der Waals surface area (Å²) >= 11 is 0. The molecule has 2 saturated heterocycles. The van der Waals surface area contributed by atoms with E-state index in [4.69, 9.17) is 0 Å². The van der Waals surface area contributed by atoms with Crippen molar-refractivity contribution < 1.29 is 27.2 Å². The van der Waals surface area contributed by atoms with E-state index >= 15 is 0 Å². The van der Waals surface area contributed by atoms with Gasteiger partial charge in [0.2, 0.25) is 15.9 Å². The molecule has 4 rings (SSSR count). The molecule has 2 unspecified atom stereocenters. The molecule has 4 amide bonds. The van der Waals surface area contributed by atoms with Crippen LogP contribution in [0.2, 0.25) is 0 Å². The molecule has 2 aromatic rings. The number of rotatable bonds is 6. The molecule has 180 valence electrons. The van der Waals surface area contributed by atoms with Gasteiger partial charge in [-0.3, -0.25) is 15.0 Å². The zero-order valence-corrected chi connectivity index (χ0v) is 19.3. The number of sulfonamides is 1. The molecule has 2 heterocycles. The van der Waals surface area contributed by atoms with Crippen LogP contribution in [0.5, 0.6) is 0 Å². The summed E-state index contributed by atoms with van der Waals surface area (Å²) in [6, 6.07) is 12.5. The fraction of sp³-hybridized carbons (Fsp3) is 0.348. The first-order chi connectivity index (χ1) is 16.2. The van der Waals surface area contributed by atoms with Crippen molar-refractivity contribution in [1.82, 2.24) is 20.1 Å². The second kappa shape index (κ2) is 9.15. The minimum absolute atomic E-state index is 0.0698. The number of carbonyl (C=O) groups is 3. The molecule has 0 radical (unpaired) electrons. The maximum Gasteiger partial charge on any atom is 0.344 e. The molecule has 34 heavy (non-hydrogen) atoms. The van der Waals surface area contributed by atoms with Gasteiger partial charge < -0.3 is 5.32 Å². The standard InChI is InChI=1S/C23H25FN4O5S/c1-2-23(17-8-4-3-5-9-17)21(30)28(22(31)25-23)26-20(29)16-7-6-14-27(15-16)34(32,33)19-12-10-18(24)11-13-19/h3-5,8-13,16H,2,6-7,14-15H2,1H3,(H,25,31)(H,26,29). The molecule has 0 aromatic heterocycles. The highest BCUT2D eigenvalue weighted by atomic mass is 32.2. The molecule has 2 aliphatic rings. The lowest BCUT2D eigenvalue weighted by Crippen LogP contribution is -2.53. The van der Waals surface area contributed by atoms with Crippen molar-refractivity contribution in [2.75, 3.05) is 13.1 Å². The van der Waals surface area contributed by atoms with Crippen LogP contribution in [0.1, 0.15) is 31.7 Å². The van der Waals surface area contributed by atoms with Crippen LogP contribution in [-0.4, -0.2) is 48.7 Å². The molecule has 0 bridgehead atoms. The largest absolute Gasteiger partial charge is 0.344 e. The van der Waals surface area contributed by atoms with Crippen LogP contribution in [0.3, 0.4) is 0 Å². The second-order valence-corrected chi connectivity index (χ2v) is 10.3. The molecular formula is C23H25FN4O5S. The third-order valence-electron chi connectivity index (χ3n) is 6.32. The summed E-state index contributed by atoms with van der Waals surface area (Å²) in [5.41, 5.74) is 1.69. The smallest absolute Gasteiger partial charge is 0.318 e. The van der Waals surface area contributed by atoms with Gasteiger partial charge in [0.15, 0.2) is 0 Å². The van der Waals surface area contributed by atoms with E-state index < -0.39 is 45.1 Å². The van der Waals surface area contributed by atoms with E-state index in [2.05, 4.69) is 10.7 Å². The highest BCUT2D eigenvalue weighted by molar-refractivity contribution is 7.89. The van der Waals surface area contributed by atoms with Gasteiger partial charge in [0.1, 0.15) is 11.4 Å². The number of nitrogens with one attached hydrogen (secondary N) is 2. The summed E-state index contributed by atoms with van der Waals surface area (Å²) < 4.78 is 40.2. The number of urea groups is 1. The normalized spacial score (nSPS) is 23.6.